The van der Waals surface area contributed by atoms with Crippen LogP contribution in [-0.2, 0) is 6.42 Å². The molecule has 100 valence electrons. The summed E-state index contributed by atoms with van der Waals surface area (Å²) in [4.78, 5) is 14.3. The number of thiophene rings is 1. The van der Waals surface area contributed by atoms with Gasteiger partial charge in [0, 0.05) is 15.3 Å². The van der Waals surface area contributed by atoms with Crippen LogP contribution in [0.25, 0.3) is 0 Å². The average molecular weight is 274 g/mol. The average Bonchev–Trinajstić information content (AvgIpc) is 2.75. The van der Waals surface area contributed by atoms with Gasteiger partial charge >= 0.3 is 0 Å². The quantitative estimate of drug-likeness (QED) is 0.764. The zero-order valence-corrected chi connectivity index (χ0v) is 12.3. The summed E-state index contributed by atoms with van der Waals surface area (Å²) in [6, 6.07) is 9.82. The standard InChI is InChI=1S/C16H18O2S/c1-4-13-5-7-14(8-6-13)18-10-16(17)15-9-11(2)19-12(15)3/h5-9H,4,10H2,1-3H3. The van der Waals surface area contributed by atoms with Gasteiger partial charge in [-0.3, -0.25) is 4.79 Å². The molecule has 0 bridgehead atoms. The minimum atomic E-state index is 0.0430. The fraction of sp³-hybridized carbons (Fsp3) is 0.312. The van der Waals surface area contributed by atoms with Crippen molar-refractivity contribution in [3.63, 3.8) is 0 Å². The summed E-state index contributed by atoms with van der Waals surface area (Å²) in [5, 5.41) is 0. The number of rotatable bonds is 5. The van der Waals surface area contributed by atoms with Gasteiger partial charge in [0.2, 0.25) is 5.78 Å². The van der Waals surface area contributed by atoms with Crippen LogP contribution in [0.15, 0.2) is 30.3 Å². The molecule has 2 rings (SSSR count). The van der Waals surface area contributed by atoms with Crippen LogP contribution in [0.4, 0.5) is 0 Å². The number of Topliss-reactive ketones (excluding diaryl/α,β-unsaturated/α-hetero) is 1. The van der Waals surface area contributed by atoms with E-state index in [0.717, 1.165) is 27.5 Å². The lowest BCUT2D eigenvalue weighted by Gasteiger charge is -2.06. The van der Waals surface area contributed by atoms with Crippen LogP contribution < -0.4 is 4.74 Å². The first-order valence-corrected chi connectivity index (χ1v) is 7.23. The van der Waals surface area contributed by atoms with Crippen molar-refractivity contribution in [3.05, 3.63) is 51.2 Å². The lowest BCUT2D eigenvalue weighted by molar-refractivity contribution is 0.0921. The molecule has 0 saturated carbocycles. The highest BCUT2D eigenvalue weighted by atomic mass is 32.1. The Kier molecular flexibility index (Phi) is 4.38. The molecular weight excluding hydrogens is 256 g/mol. The Labute approximate surface area is 118 Å². The largest absolute Gasteiger partial charge is 0.485 e. The molecule has 0 radical (unpaired) electrons. The first-order chi connectivity index (χ1) is 9.10. The molecule has 0 fully saturated rings. The van der Waals surface area contributed by atoms with Crippen molar-refractivity contribution in [1.29, 1.82) is 0 Å². The highest BCUT2D eigenvalue weighted by molar-refractivity contribution is 7.12. The third kappa shape index (κ3) is 3.44. The second-order valence-corrected chi connectivity index (χ2v) is 6.00. The normalized spacial score (nSPS) is 10.5. The van der Waals surface area contributed by atoms with Crippen molar-refractivity contribution in [3.8, 4) is 5.75 Å². The Balaban J connectivity index is 1.98. The third-order valence-corrected chi connectivity index (χ3v) is 4.01. The van der Waals surface area contributed by atoms with E-state index >= 15 is 0 Å². The van der Waals surface area contributed by atoms with Crippen molar-refractivity contribution in [2.45, 2.75) is 27.2 Å². The monoisotopic (exact) mass is 274 g/mol. The summed E-state index contributed by atoms with van der Waals surface area (Å²) < 4.78 is 5.54. The molecule has 1 aromatic carbocycles. The van der Waals surface area contributed by atoms with Crippen molar-refractivity contribution in [2.24, 2.45) is 0 Å². The fourth-order valence-electron chi connectivity index (χ4n) is 1.96. The Hall–Kier alpha value is -1.61. The Morgan fingerprint density at radius 3 is 2.42 bits per heavy atom. The summed E-state index contributed by atoms with van der Waals surface area (Å²) in [5.41, 5.74) is 2.05. The summed E-state index contributed by atoms with van der Waals surface area (Å²) >= 11 is 1.65. The van der Waals surface area contributed by atoms with Gasteiger partial charge in [-0.2, -0.15) is 0 Å². The molecule has 19 heavy (non-hydrogen) atoms. The van der Waals surface area contributed by atoms with E-state index in [4.69, 9.17) is 4.74 Å². The maximum atomic E-state index is 12.1. The van der Waals surface area contributed by atoms with Crippen molar-refractivity contribution in [2.75, 3.05) is 6.61 Å². The number of ether oxygens (including phenoxy) is 1. The van der Waals surface area contributed by atoms with E-state index in [9.17, 15) is 4.79 Å². The second-order valence-electron chi connectivity index (χ2n) is 4.54. The molecule has 1 heterocycles. The molecule has 3 heteroatoms. The zero-order valence-electron chi connectivity index (χ0n) is 11.5. The van der Waals surface area contributed by atoms with Crippen molar-refractivity contribution < 1.29 is 9.53 Å². The molecule has 0 atom stereocenters. The van der Waals surface area contributed by atoms with Crippen LogP contribution in [0.1, 0.15) is 32.6 Å². The number of benzene rings is 1. The number of carbonyl (C=O) groups excluding carboxylic acids is 1. The summed E-state index contributed by atoms with van der Waals surface area (Å²) in [6.07, 6.45) is 1.01. The minimum absolute atomic E-state index is 0.0430. The Morgan fingerprint density at radius 2 is 1.89 bits per heavy atom. The van der Waals surface area contributed by atoms with Gasteiger partial charge in [0.25, 0.3) is 0 Å². The number of aryl methyl sites for hydroxylation is 3. The van der Waals surface area contributed by atoms with E-state index in [1.165, 1.54) is 5.56 Å². The van der Waals surface area contributed by atoms with Crippen molar-refractivity contribution >= 4 is 17.1 Å². The van der Waals surface area contributed by atoms with Gasteiger partial charge in [-0.15, -0.1) is 11.3 Å². The van der Waals surface area contributed by atoms with Crippen LogP contribution in [0.3, 0.4) is 0 Å². The number of hydrogen-bond acceptors (Lipinski definition) is 3. The SMILES string of the molecule is CCc1ccc(OCC(=O)c2cc(C)sc2C)cc1. The predicted molar refractivity (Wildman–Crippen MR) is 79.4 cm³/mol. The van der Waals surface area contributed by atoms with Gasteiger partial charge in [-0.1, -0.05) is 19.1 Å². The lowest BCUT2D eigenvalue weighted by Crippen LogP contribution is -2.11. The second kappa shape index (κ2) is 6.02. The van der Waals surface area contributed by atoms with E-state index < -0.39 is 0 Å². The van der Waals surface area contributed by atoms with Crippen LogP contribution in [-0.4, -0.2) is 12.4 Å². The van der Waals surface area contributed by atoms with E-state index in [0.29, 0.717) is 0 Å². The number of ketones is 1. The van der Waals surface area contributed by atoms with Crippen LogP contribution >= 0.6 is 11.3 Å². The number of carbonyl (C=O) groups is 1. The van der Waals surface area contributed by atoms with Gasteiger partial charge in [0.05, 0.1) is 0 Å². The molecule has 0 N–H and O–H groups in total. The van der Waals surface area contributed by atoms with E-state index in [-0.39, 0.29) is 12.4 Å². The van der Waals surface area contributed by atoms with Gasteiger partial charge in [0.1, 0.15) is 5.75 Å². The van der Waals surface area contributed by atoms with E-state index in [1.54, 1.807) is 11.3 Å². The van der Waals surface area contributed by atoms with Gasteiger partial charge < -0.3 is 4.74 Å². The molecule has 0 aliphatic heterocycles. The molecule has 1 aromatic heterocycles. The highest BCUT2D eigenvalue weighted by Crippen LogP contribution is 2.21. The van der Waals surface area contributed by atoms with Crippen molar-refractivity contribution in [1.82, 2.24) is 0 Å². The minimum Gasteiger partial charge on any atom is -0.485 e. The molecular formula is C16H18O2S. The maximum Gasteiger partial charge on any atom is 0.201 e. The van der Waals surface area contributed by atoms with Crippen LogP contribution in [0.5, 0.6) is 5.75 Å². The van der Waals surface area contributed by atoms with E-state index in [1.807, 2.05) is 44.2 Å². The molecule has 0 aliphatic rings. The zero-order chi connectivity index (χ0) is 13.8. The Morgan fingerprint density at radius 1 is 1.21 bits per heavy atom. The van der Waals surface area contributed by atoms with E-state index in [2.05, 4.69) is 6.92 Å². The topological polar surface area (TPSA) is 26.3 Å². The van der Waals surface area contributed by atoms with Gasteiger partial charge in [0.15, 0.2) is 6.61 Å². The number of hydrogen-bond donors (Lipinski definition) is 0. The fourth-order valence-corrected chi connectivity index (χ4v) is 2.90. The molecule has 0 unspecified atom stereocenters. The lowest BCUT2D eigenvalue weighted by atomic mass is 10.1. The smallest absolute Gasteiger partial charge is 0.201 e. The molecule has 2 aromatic rings. The molecule has 0 saturated heterocycles. The summed E-state index contributed by atoms with van der Waals surface area (Å²) in [7, 11) is 0. The predicted octanol–water partition coefficient (Wildman–Crippen LogP) is 4.19. The summed E-state index contributed by atoms with van der Waals surface area (Å²) in [5.74, 6) is 0.788. The van der Waals surface area contributed by atoms with Gasteiger partial charge in [-0.25, -0.2) is 0 Å². The first-order valence-electron chi connectivity index (χ1n) is 6.42. The first kappa shape index (κ1) is 13.8. The van der Waals surface area contributed by atoms with Crippen LogP contribution in [0.2, 0.25) is 0 Å². The Bertz CT molecular complexity index is 567. The van der Waals surface area contributed by atoms with Crippen LogP contribution in [0, 0.1) is 13.8 Å². The summed E-state index contributed by atoms with van der Waals surface area (Å²) in [6.45, 7) is 6.20. The molecule has 0 amide bonds. The highest BCUT2D eigenvalue weighted by Gasteiger charge is 2.12. The third-order valence-electron chi connectivity index (χ3n) is 3.04. The molecule has 0 spiro atoms. The van der Waals surface area contributed by atoms with Gasteiger partial charge in [-0.05, 0) is 44.0 Å². The molecule has 2 nitrogen and oxygen atoms in total. The maximum absolute atomic E-state index is 12.1. The molecule has 0 aliphatic carbocycles.